The minimum Gasteiger partial charge on any atom is -0.309 e. The highest BCUT2D eigenvalue weighted by molar-refractivity contribution is 7.15. The van der Waals surface area contributed by atoms with Gasteiger partial charge in [-0.3, -0.25) is 10.1 Å². The van der Waals surface area contributed by atoms with Crippen LogP contribution in [0.1, 0.15) is 37.5 Å². The molecule has 0 bridgehead atoms. The molecule has 0 aromatic carbocycles. The van der Waals surface area contributed by atoms with E-state index in [1.165, 1.54) is 37.0 Å². The van der Waals surface area contributed by atoms with Crippen molar-refractivity contribution in [2.75, 3.05) is 0 Å². The zero-order chi connectivity index (χ0) is 12.3. The summed E-state index contributed by atoms with van der Waals surface area (Å²) in [5.41, 5.74) is 0. The molecule has 0 atom stereocenters. The predicted octanol–water partition coefficient (Wildman–Crippen LogP) is 3.32. The van der Waals surface area contributed by atoms with Gasteiger partial charge in [0.05, 0.1) is 4.92 Å². The zero-order valence-corrected chi connectivity index (χ0v) is 10.8. The maximum atomic E-state index is 10.6. The van der Waals surface area contributed by atoms with E-state index in [-0.39, 0.29) is 9.92 Å². The summed E-state index contributed by atoms with van der Waals surface area (Å²) in [6.07, 6.45) is 5.05. The standard InChI is InChI=1S/C12H18N2O2S/c1-9-2-4-10(5-3-9)13-8-11-6-7-12(17-11)14(15)16/h6-7,9-10,13H,2-5,8H2,1H3. The molecule has 0 radical (unpaired) electrons. The van der Waals surface area contributed by atoms with Crippen LogP contribution in [0.2, 0.25) is 0 Å². The fourth-order valence-corrected chi connectivity index (χ4v) is 3.04. The second-order valence-electron chi connectivity index (χ2n) is 4.83. The van der Waals surface area contributed by atoms with E-state index in [0.717, 1.165) is 17.3 Å². The molecule has 1 heterocycles. The van der Waals surface area contributed by atoms with Gasteiger partial charge in [-0.2, -0.15) is 0 Å². The average molecular weight is 254 g/mol. The van der Waals surface area contributed by atoms with Gasteiger partial charge in [-0.15, -0.1) is 0 Å². The van der Waals surface area contributed by atoms with Crippen LogP contribution in [0.4, 0.5) is 5.00 Å². The highest BCUT2D eigenvalue weighted by Gasteiger charge is 2.18. The summed E-state index contributed by atoms with van der Waals surface area (Å²) in [4.78, 5) is 11.3. The molecule has 0 amide bonds. The van der Waals surface area contributed by atoms with Crippen LogP contribution in [0.5, 0.6) is 0 Å². The fraction of sp³-hybridized carbons (Fsp3) is 0.667. The highest BCUT2D eigenvalue weighted by Crippen LogP contribution is 2.26. The highest BCUT2D eigenvalue weighted by atomic mass is 32.1. The van der Waals surface area contributed by atoms with Gasteiger partial charge in [0.2, 0.25) is 0 Å². The van der Waals surface area contributed by atoms with Gasteiger partial charge in [-0.1, -0.05) is 18.3 Å². The van der Waals surface area contributed by atoms with Crippen LogP contribution in [0.25, 0.3) is 0 Å². The van der Waals surface area contributed by atoms with Crippen molar-refractivity contribution in [3.05, 3.63) is 27.1 Å². The van der Waals surface area contributed by atoms with Crippen molar-refractivity contribution in [1.29, 1.82) is 0 Å². The Morgan fingerprint density at radius 1 is 1.41 bits per heavy atom. The lowest BCUT2D eigenvalue weighted by molar-refractivity contribution is -0.380. The van der Waals surface area contributed by atoms with Gasteiger partial charge >= 0.3 is 5.00 Å². The summed E-state index contributed by atoms with van der Waals surface area (Å²) < 4.78 is 0. The molecule has 1 aliphatic rings. The van der Waals surface area contributed by atoms with Gasteiger partial charge < -0.3 is 5.32 Å². The SMILES string of the molecule is CC1CCC(NCc2ccc([N+](=O)[O-])s2)CC1. The monoisotopic (exact) mass is 254 g/mol. The van der Waals surface area contributed by atoms with Gasteiger partial charge in [0, 0.05) is 23.5 Å². The molecule has 2 rings (SSSR count). The molecule has 1 aromatic rings. The Hall–Kier alpha value is -0.940. The molecule has 1 aliphatic carbocycles. The average Bonchev–Trinajstić information content (AvgIpc) is 2.77. The van der Waals surface area contributed by atoms with E-state index in [4.69, 9.17) is 0 Å². The lowest BCUT2D eigenvalue weighted by atomic mass is 9.87. The fourth-order valence-electron chi connectivity index (χ4n) is 2.27. The molecule has 5 heteroatoms. The number of thiophene rings is 1. The second kappa shape index (κ2) is 5.60. The summed E-state index contributed by atoms with van der Waals surface area (Å²) in [5, 5.41) is 14.3. The lowest BCUT2D eigenvalue weighted by Gasteiger charge is -2.26. The van der Waals surface area contributed by atoms with Crippen molar-refractivity contribution in [3.63, 3.8) is 0 Å². The van der Waals surface area contributed by atoms with Crippen LogP contribution in [-0.2, 0) is 6.54 Å². The van der Waals surface area contributed by atoms with Crippen LogP contribution < -0.4 is 5.32 Å². The van der Waals surface area contributed by atoms with Gasteiger partial charge in [-0.05, 0) is 37.7 Å². The normalized spacial score (nSPS) is 24.8. The van der Waals surface area contributed by atoms with Gasteiger partial charge in [0.25, 0.3) is 0 Å². The summed E-state index contributed by atoms with van der Waals surface area (Å²) in [6, 6.07) is 4.03. The number of rotatable bonds is 4. The van der Waals surface area contributed by atoms with Gasteiger partial charge in [0.15, 0.2) is 0 Å². The Kier molecular flexibility index (Phi) is 4.12. The summed E-state index contributed by atoms with van der Waals surface area (Å²) >= 11 is 1.27. The maximum absolute atomic E-state index is 10.6. The third-order valence-corrected chi connectivity index (χ3v) is 4.45. The summed E-state index contributed by atoms with van der Waals surface area (Å²) in [5.74, 6) is 0.857. The summed E-state index contributed by atoms with van der Waals surface area (Å²) in [7, 11) is 0. The minimum atomic E-state index is -0.323. The molecule has 94 valence electrons. The third kappa shape index (κ3) is 3.51. The lowest BCUT2D eigenvalue weighted by Crippen LogP contribution is -2.31. The third-order valence-electron chi connectivity index (χ3n) is 3.41. The van der Waals surface area contributed by atoms with Gasteiger partial charge in [0.1, 0.15) is 0 Å². The van der Waals surface area contributed by atoms with E-state index in [1.807, 2.05) is 6.07 Å². The molecular weight excluding hydrogens is 236 g/mol. The van der Waals surface area contributed by atoms with Crippen molar-refractivity contribution in [3.8, 4) is 0 Å². The van der Waals surface area contributed by atoms with Crippen LogP contribution in [0.3, 0.4) is 0 Å². The largest absolute Gasteiger partial charge is 0.324 e. The molecule has 0 saturated heterocycles. The Balaban J connectivity index is 1.79. The summed E-state index contributed by atoms with van der Waals surface area (Å²) in [6.45, 7) is 3.07. The van der Waals surface area contributed by atoms with Crippen LogP contribution in [0.15, 0.2) is 12.1 Å². The second-order valence-corrected chi connectivity index (χ2v) is 5.98. The van der Waals surface area contributed by atoms with Crippen LogP contribution in [-0.4, -0.2) is 11.0 Å². The minimum absolute atomic E-state index is 0.235. The van der Waals surface area contributed by atoms with E-state index in [2.05, 4.69) is 12.2 Å². The molecule has 0 spiro atoms. The molecule has 0 aliphatic heterocycles. The Morgan fingerprint density at radius 3 is 2.71 bits per heavy atom. The molecule has 1 aromatic heterocycles. The van der Waals surface area contributed by atoms with E-state index in [0.29, 0.717) is 6.04 Å². The van der Waals surface area contributed by atoms with Crippen molar-refractivity contribution in [1.82, 2.24) is 5.32 Å². The Bertz CT molecular complexity index is 384. The van der Waals surface area contributed by atoms with E-state index < -0.39 is 0 Å². The quantitative estimate of drug-likeness (QED) is 0.662. The maximum Gasteiger partial charge on any atom is 0.324 e. The first-order chi connectivity index (χ1) is 8.15. The van der Waals surface area contributed by atoms with Crippen molar-refractivity contribution >= 4 is 16.3 Å². The topological polar surface area (TPSA) is 55.2 Å². The van der Waals surface area contributed by atoms with Crippen LogP contribution >= 0.6 is 11.3 Å². The smallest absolute Gasteiger partial charge is 0.309 e. The van der Waals surface area contributed by atoms with E-state index in [1.54, 1.807) is 6.07 Å². The first kappa shape index (κ1) is 12.5. The number of nitrogens with one attached hydrogen (secondary N) is 1. The predicted molar refractivity (Wildman–Crippen MR) is 69.2 cm³/mol. The molecule has 17 heavy (non-hydrogen) atoms. The van der Waals surface area contributed by atoms with Gasteiger partial charge in [-0.25, -0.2) is 0 Å². The molecule has 1 saturated carbocycles. The number of hydrogen-bond donors (Lipinski definition) is 1. The first-order valence-corrected chi connectivity index (χ1v) is 6.93. The van der Waals surface area contributed by atoms with Crippen molar-refractivity contribution in [2.24, 2.45) is 5.92 Å². The Labute approximate surface area is 105 Å². The van der Waals surface area contributed by atoms with E-state index >= 15 is 0 Å². The van der Waals surface area contributed by atoms with E-state index in [9.17, 15) is 10.1 Å². The molecular formula is C12H18N2O2S. The zero-order valence-electron chi connectivity index (χ0n) is 10.0. The Morgan fingerprint density at radius 2 is 2.12 bits per heavy atom. The molecule has 1 N–H and O–H groups in total. The number of nitro groups is 1. The van der Waals surface area contributed by atoms with Crippen LogP contribution in [0, 0.1) is 16.0 Å². The number of nitrogens with zero attached hydrogens (tertiary/aromatic N) is 1. The molecule has 4 nitrogen and oxygen atoms in total. The van der Waals surface area contributed by atoms with Crippen molar-refractivity contribution in [2.45, 2.75) is 45.2 Å². The number of hydrogen-bond acceptors (Lipinski definition) is 4. The molecule has 0 unspecified atom stereocenters. The van der Waals surface area contributed by atoms with Crippen molar-refractivity contribution < 1.29 is 4.92 Å². The molecule has 1 fully saturated rings. The first-order valence-electron chi connectivity index (χ1n) is 6.11.